The van der Waals surface area contributed by atoms with E-state index in [1.165, 1.54) is 6.07 Å². The van der Waals surface area contributed by atoms with Crippen LogP contribution in [0, 0.1) is 148 Å². The third-order valence-electron chi connectivity index (χ3n) is 6.00. The number of hydrogen-bond donors (Lipinski definition) is 0. The van der Waals surface area contributed by atoms with Gasteiger partial charge in [-0.3, -0.25) is 9.69 Å². The van der Waals surface area contributed by atoms with Crippen molar-refractivity contribution in [1.29, 1.82) is 5.26 Å². The Bertz CT molecular complexity index is 2330. The van der Waals surface area contributed by atoms with Gasteiger partial charge in [-0.05, 0) is 97.9 Å². The van der Waals surface area contributed by atoms with Crippen LogP contribution in [-0.4, -0.2) is 28.5 Å². The highest BCUT2D eigenvalue weighted by Crippen LogP contribution is 2.46. The van der Waals surface area contributed by atoms with Crippen LogP contribution in [0.3, 0.4) is 0 Å². The first-order valence-corrected chi connectivity index (χ1v) is 13.6. The number of alkyl halides is 3. The van der Waals surface area contributed by atoms with E-state index in [4.69, 9.17) is 24.1 Å². The Kier molecular flexibility index (Phi) is 14.5. The Labute approximate surface area is 283 Å². The maximum absolute atomic E-state index is 13.1. The molecule has 5 nitrogen and oxygen atoms in total. The number of nitrogens with zero attached hydrogens (tertiary/aromatic N) is 4. The van der Waals surface area contributed by atoms with Gasteiger partial charge in [0, 0.05) is 89.7 Å². The Morgan fingerprint density at radius 3 is 1.52 bits per heavy atom. The van der Waals surface area contributed by atoms with Crippen LogP contribution in [0.2, 0.25) is 0 Å². The first kappa shape index (κ1) is 36.7. The molecule has 2 fully saturated rings. The predicted molar refractivity (Wildman–Crippen MR) is 179 cm³/mol. The second-order valence-corrected chi connectivity index (χ2v) is 9.03. The largest absolute Gasteiger partial charge is 0.407 e. The topological polar surface area (TPSA) is 51.7 Å². The Balaban J connectivity index is 0.000000334. The molecule has 0 unspecified atom stereocenters. The zero-order valence-electron chi connectivity index (χ0n) is 25.1. The van der Waals surface area contributed by atoms with E-state index in [9.17, 15) is 18.0 Å². The van der Waals surface area contributed by atoms with Crippen molar-refractivity contribution in [2.24, 2.45) is 0 Å². The molecule has 3 rings (SSSR count). The van der Waals surface area contributed by atoms with Crippen molar-refractivity contribution in [3.63, 3.8) is 0 Å². The van der Waals surface area contributed by atoms with Gasteiger partial charge in [0.1, 0.15) is 5.54 Å². The third kappa shape index (κ3) is 10.6. The summed E-state index contributed by atoms with van der Waals surface area (Å²) in [5, 5.41) is 8.31. The van der Waals surface area contributed by atoms with Crippen molar-refractivity contribution in [3.05, 3.63) is 35.2 Å². The highest BCUT2D eigenvalue weighted by Gasteiger charge is 2.57. The van der Waals surface area contributed by atoms with E-state index in [2.05, 4.69) is 135 Å². The molecule has 0 radical (unpaired) electrons. The van der Waals surface area contributed by atoms with Gasteiger partial charge in [0.2, 0.25) is 0 Å². The zero-order chi connectivity index (χ0) is 35.3. The molecule has 0 bridgehead atoms. The highest BCUT2D eigenvalue weighted by molar-refractivity contribution is 7.80. The van der Waals surface area contributed by atoms with Crippen LogP contribution in [0.4, 0.5) is 24.5 Å². The van der Waals surface area contributed by atoms with E-state index in [0.717, 1.165) is 23.5 Å². The number of likely N-dealkylation sites (N-methyl/N-ethyl adjacent to an activating group) is 1. The molecule has 0 N–H and O–H groups in total. The molecule has 1 aliphatic heterocycles. The third-order valence-corrected chi connectivity index (χ3v) is 6.45. The van der Waals surface area contributed by atoms with E-state index < -0.39 is 23.0 Å². The van der Waals surface area contributed by atoms with E-state index in [0.29, 0.717) is 12.8 Å². The summed E-state index contributed by atoms with van der Waals surface area (Å²) in [4.78, 5) is 18.4. The first-order chi connectivity index (χ1) is 23.1. The fourth-order valence-corrected chi connectivity index (χ4v) is 4.10. The van der Waals surface area contributed by atoms with Crippen LogP contribution in [0.1, 0.15) is 31.7 Å². The van der Waals surface area contributed by atoms with Gasteiger partial charge >= 0.3 is 6.18 Å². The number of thiocarbonyl (C=S) groups is 1. The second kappa shape index (κ2) is 19.0. The lowest BCUT2D eigenvalue weighted by Crippen LogP contribution is -2.53. The number of amides is 1. The van der Waals surface area contributed by atoms with Gasteiger partial charge < -0.3 is 4.90 Å². The van der Waals surface area contributed by atoms with Gasteiger partial charge in [0.25, 0.3) is 5.91 Å². The summed E-state index contributed by atoms with van der Waals surface area (Å²) in [6.45, 7) is 8.56. The maximum Gasteiger partial charge on any atom is 0.407 e. The van der Waals surface area contributed by atoms with E-state index in [-0.39, 0.29) is 16.7 Å². The molecule has 0 atom stereocenters. The number of benzene rings is 1. The van der Waals surface area contributed by atoms with Crippen molar-refractivity contribution in [1.82, 2.24) is 4.90 Å². The summed E-state index contributed by atoms with van der Waals surface area (Å²) in [6, 6.07) is 4.86. The minimum absolute atomic E-state index is 0.0513. The lowest BCUT2D eigenvalue weighted by molar-refractivity contribution is -0.137. The molecule has 224 valence electrons. The lowest BCUT2D eigenvalue weighted by Gasteiger charge is -2.41. The minimum Gasteiger partial charge on any atom is -0.337 e. The average Bonchev–Trinajstić information content (AvgIpc) is 3.25. The van der Waals surface area contributed by atoms with E-state index >= 15 is 0 Å². The number of hydrogen-bond acceptors (Lipinski definition) is 3. The molecule has 1 heterocycles. The van der Waals surface area contributed by atoms with Crippen molar-refractivity contribution in [2.75, 3.05) is 11.9 Å². The molecule has 48 heavy (non-hydrogen) atoms. The standard InChI is InChI=1S/C24H3N.C15H12F3N3OS/c1-2-3-4-5-6-7-8-9-10-11-12-13-14-15-16-17-18-19-20-21-22-23-24-25;1-19-11-5-4-9(8-10(11)15(16,17)18)21-12(22)14(6-3-7-14)20(2)13(21)23/h1H3;4-5,8H,3,6-7H2,2H3. The van der Waals surface area contributed by atoms with Crippen LogP contribution in [0.15, 0.2) is 18.2 Å². The van der Waals surface area contributed by atoms with Crippen molar-refractivity contribution in [2.45, 2.75) is 37.9 Å². The molecule has 1 amide bonds. The molecule has 2 aliphatic rings. The van der Waals surface area contributed by atoms with Gasteiger partial charge in [-0.2, -0.15) is 18.4 Å². The van der Waals surface area contributed by atoms with E-state index in [1.54, 1.807) is 24.9 Å². The fraction of sp³-hybridized carbons (Fsp3) is 0.179. The van der Waals surface area contributed by atoms with Crippen LogP contribution in [0.5, 0.6) is 0 Å². The van der Waals surface area contributed by atoms with E-state index in [1.807, 2.05) is 0 Å². The quantitative estimate of drug-likeness (QED) is 0.260. The van der Waals surface area contributed by atoms with Gasteiger partial charge in [0.05, 0.1) is 12.1 Å². The summed E-state index contributed by atoms with van der Waals surface area (Å²) >= 11 is 5.26. The van der Waals surface area contributed by atoms with Crippen LogP contribution in [0.25, 0.3) is 4.85 Å². The van der Waals surface area contributed by atoms with Gasteiger partial charge in [-0.25, -0.2) is 4.85 Å². The van der Waals surface area contributed by atoms with Gasteiger partial charge in [0.15, 0.2) is 16.9 Å². The molecule has 1 saturated carbocycles. The molecular weight excluding hydrogens is 630 g/mol. The Hall–Kier alpha value is -7.49. The Morgan fingerprint density at radius 2 is 1.21 bits per heavy atom. The monoisotopic (exact) mass is 644 g/mol. The van der Waals surface area contributed by atoms with Crippen molar-refractivity contribution in [3.8, 4) is 136 Å². The fourth-order valence-electron chi connectivity index (χ4n) is 3.73. The van der Waals surface area contributed by atoms with Crippen molar-refractivity contribution < 1.29 is 18.0 Å². The van der Waals surface area contributed by atoms with Crippen molar-refractivity contribution >= 4 is 34.6 Å². The number of carbonyl (C=O) groups is 1. The van der Waals surface area contributed by atoms with Crippen LogP contribution in [-0.2, 0) is 11.0 Å². The maximum atomic E-state index is 13.1. The smallest absolute Gasteiger partial charge is 0.337 e. The summed E-state index contributed by atoms with van der Waals surface area (Å²) in [5.74, 6) is 53.8. The number of rotatable bonds is 1. The number of halogens is 3. The SMILES string of the molecule is CC#CC#CC#CC#CC#CC#CC#CC#CC#CC#CC#CC#N.[C-]#[N+]c1ccc(N2C(=O)C3(CCC3)N(C)C2=S)cc1C(F)(F)F. The summed E-state index contributed by atoms with van der Waals surface area (Å²) in [6.07, 6.45) is -2.49. The first-order valence-electron chi connectivity index (χ1n) is 13.2. The molecule has 1 aromatic carbocycles. The van der Waals surface area contributed by atoms with Crippen LogP contribution < -0.4 is 4.90 Å². The lowest BCUT2D eigenvalue weighted by atomic mass is 9.76. The molecule has 1 spiro atoms. The average molecular weight is 645 g/mol. The molecule has 1 aromatic rings. The molecular formula is C39H15F3N4OS. The minimum atomic E-state index is -4.67. The highest BCUT2D eigenvalue weighted by atomic mass is 32.1. The summed E-state index contributed by atoms with van der Waals surface area (Å²) in [5.41, 5.74) is -2.22. The number of carbonyl (C=O) groups excluding carboxylic acids is 1. The number of nitriles is 1. The number of anilines is 1. The molecule has 1 aliphatic carbocycles. The van der Waals surface area contributed by atoms with Gasteiger partial charge in [-0.1, -0.05) is 12.0 Å². The van der Waals surface area contributed by atoms with Crippen LogP contribution >= 0.6 is 12.2 Å². The van der Waals surface area contributed by atoms with Gasteiger partial charge in [-0.15, -0.1) is 0 Å². The molecule has 0 aromatic heterocycles. The normalized spacial score (nSPS) is 11.6. The summed E-state index contributed by atoms with van der Waals surface area (Å²) < 4.78 is 39.3. The zero-order valence-corrected chi connectivity index (χ0v) is 25.9. The molecule has 9 heteroatoms. The Morgan fingerprint density at radius 1 is 0.792 bits per heavy atom. The molecule has 1 saturated heterocycles. The second-order valence-electron chi connectivity index (χ2n) is 8.67. The predicted octanol–water partition coefficient (Wildman–Crippen LogP) is 4.31. The summed E-state index contributed by atoms with van der Waals surface area (Å²) in [7, 11) is 1.69.